The Kier molecular flexibility index (Phi) is 5.90. The molecule has 0 radical (unpaired) electrons. The number of fused-ring (bicyclic) bond motifs is 16. The molecule has 4 aromatic heterocycles. The topological polar surface area (TPSA) is 30.7 Å². The van der Waals surface area contributed by atoms with Crippen LogP contribution in [0, 0.1) is 0 Å². The standard InChI is InChI=1S/C58H31NO2/c1-3-8-34-30-56-50(24-32(34)6-1)48-26-38(16-18-54(48)60-56)36-12-14-40-22-46-44-10-5-11-45-47-23-41-15-13-37(21-43(41)29-53(47)59(58(44)45)52(46)28-42(40)20-36)39-17-19-55-49(27-39)51-25-33-7-2-4-9-35(33)31-57(51)61-55/h1-31H. The molecule has 0 saturated heterocycles. The van der Waals surface area contributed by atoms with Crippen LogP contribution in [0.25, 0.3) is 147 Å². The number of aromatic nitrogens is 1. The fraction of sp³-hybridized carbons (Fsp3) is 0. The number of para-hydroxylation sites is 1. The lowest BCUT2D eigenvalue weighted by atomic mass is 9.97. The van der Waals surface area contributed by atoms with Crippen molar-refractivity contribution in [2.45, 2.75) is 0 Å². The maximum Gasteiger partial charge on any atom is 0.136 e. The third kappa shape index (κ3) is 4.37. The fourth-order valence-electron chi connectivity index (χ4n) is 10.6. The minimum absolute atomic E-state index is 0.912. The monoisotopic (exact) mass is 773 g/mol. The maximum absolute atomic E-state index is 6.35. The van der Waals surface area contributed by atoms with E-state index in [2.05, 4.69) is 192 Å². The van der Waals surface area contributed by atoms with Crippen molar-refractivity contribution in [2.24, 2.45) is 0 Å². The molecule has 0 spiro atoms. The summed E-state index contributed by atoms with van der Waals surface area (Å²) >= 11 is 0. The number of rotatable bonds is 2. The van der Waals surface area contributed by atoms with Crippen LogP contribution in [0.15, 0.2) is 197 Å². The molecule has 4 heterocycles. The van der Waals surface area contributed by atoms with Crippen LogP contribution in [0.4, 0.5) is 0 Å². The van der Waals surface area contributed by atoms with Crippen molar-refractivity contribution in [3.05, 3.63) is 188 Å². The molecule has 0 aliphatic heterocycles. The van der Waals surface area contributed by atoms with Crippen LogP contribution in [0.3, 0.4) is 0 Å². The second-order valence-electron chi connectivity index (χ2n) is 16.9. The number of hydrogen-bond donors (Lipinski definition) is 0. The van der Waals surface area contributed by atoms with E-state index in [0.29, 0.717) is 0 Å². The summed E-state index contributed by atoms with van der Waals surface area (Å²) in [5.74, 6) is 0. The highest BCUT2D eigenvalue weighted by Crippen LogP contribution is 2.43. The second kappa shape index (κ2) is 11.3. The van der Waals surface area contributed by atoms with E-state index in [4.69, 9.17) is 8.83 Å². The van der Waals surface area contributed by atoms with E-state index in [1.54, 1.807) is 0 Å². The molecule has 0 unspecified atom stereocenters. The van der Waals surface area contributed by atoms with Gasteiger partial charge in [-0.25, -0.2) is 0 Å². The van der Waals surface area contributed by atoms with Gasteiger partial charge in [0, 0.05) is 43.1 Å². The van der Waals surface area contributed by atoms with Crippen molar-refractivity contribution in [2.75, 3.05) is 0 Å². The van der Waals surface area contributed by atoms with Gasteiger partial charge >= 0.3 is 0 Å². The number of hydrogen-bond acceptors (Lipinski definition) is 2. The van der Waals surface area contributed by atoms with Crippen LogP contribution in [0.5, 0.6) is 0 Å². The number of nitrogens with zero attached hydrogens (tertiary/aromatic N) is 1. The summed E-state index contributed by atoms with van der Waals surface area (Å²) in [5.41, 5.74) is 12.2. The van der Waals surface area contributed by atoms with E-state index in [9.17, 15) is 0 Å². The van der Waals surface area contributed by atoms with Gasteiger partial charge in [0.2, 0.25) is 0 Å². The van der Waals surface area contributed by atoms with Gasteiger partial charge in [0.25, 0.3) is 0 Å². The lowest BCUT2D eigenvalue weighted by Crippen LogP contribution is -1.84. The average Bonchev–Trinajstić information content (AvgIpc) is 4.04. The van der Waals surface area contributed by atoms with Crippen LogP contribution < -0.4 is 0 Å². The molecule has 280 valence electrons. The zero-order valence-electron chi connectivity index (χ0n) is 32.7. The molecule has 15 aromatic rings. The number of furan rings is 2. The molecule has 0 saturated carbocycles. The molecular weight excluding hydrogens is 743 g/mol. The molecule has 0 bridgehead atoms. The molecule has 61 heavy (non-hydrogen) atoms. The summed E-state index contributed by atoms with van der Waals surface area (Å²) in [4.78, 5) is 0. The first-order chi connectivity index (χ1) is 30.1. The van der Waals surface area contributed by atoms with Crippen LogP contribution in [-0.4, -0.2) is 4.40 Å². The largest absolute Gasteiger partial charge is 0.456 e. The zero-order chi connectivity index (χ0) is 39.5. The predicted molar refractivity (Wildman–Crippen MR) is 257 cm³/mol. The van der Waals surface area contributed by atoms with Gasteiger partial charge in [0.15, 0.2) is 0 Å². The first-order valence-electron chi connectivity index (χ1n) is 21.0. The van der Waals surface area contributed by atoms with E-state index in [1.807, 2.05) is 0 Å². The van der Waals surface area contributed by atoms with E-state index in [-0.39, 0.29) is 0 Å². The van der Waals surface area contributed by atoms with Crippen molar-refractivity contribution >= 4 is 125 Å². The van der Waals surface area contributed by atoms with E-state index in [1.165, 1.54) is 103 Å². The predicted octanol–water partition coefficient (Wildman–Crippen LogP) is 16.6. The molecule has 3 heteroatoms. The first-order valence-corrected chi connectivity index (χ1v) is 21.0. The molecular formula is C58H31NO2. The van der Waals surface area contributed by atoms with Crippen LogP contribution in [0.1, 0.15) is 0 Å². The SMILES string of the molecule is c1ccc2cc3c(cc2c1)oc1ccc(-c2ccc4cc5c6cccc7c8cc9ccc(-c%10ccc%11oc%12cc%13ccccc%13cc%12c%11c%10)cc9cc8n(c5cc4c2)c67)cc13. The number of benzene rings is 11. The highest BCUT2D eigenvalue weighted by atomic mass is 16.3. The van der Waals surface area contributed by atoms with Gasteiger partial charge in [-0.2, -0.15) is 0 Å². The van der Waals surface area contributed by atoms with Crippen molar-refractivity contribution in [1.29, 1.82) is 0 Å². The molecule has 15 rings (SSSR count). The van der Waals surface area contributed by atoms with Crippen molar-refractivity contribution in [1.82, 2.24) is 4.40 Å². The summed E-state index contributed by atoms with van der Waals surface area (Å²) in [7, 11) is 0. The van der Waals surface area contributed by atoms with Gasteiger partial charge in [-0.1, -0.05) is 103 Å². The third-order valence-electron chi connectivity index (χ3n) is 13.6. The third-order valence-corrected chi connectivity index (χ3v) is 13.6. The Balaban J connectivity index is 0.893. The summed E-state index contributed by atoms with van der Waals surface area (Å²) in [6.07, 6.45) is 0. The Bertz CT molecular complexity index is 4130. The molecule has 0 amide bonds. The van der Waals surface area contributed by atoms with Crippen molar-refractivity contribution < 1.29 is 8.83 Å². The molecule has 11 aromatic carbocycles. The molecule has 0 N–H and O–H groups in total. The molecule has 0 aliphatic carbocycles. The summed E-state index contributed by atoms with van der Waals surface area (Å²) < 4.78 is 15.2. The van der Waals surface area contributed by atoms with Gasteiger partial charge in [-0.15, -0.1) is 0 Å². The van der Waals surface area contributed by atoms with E-state index >= 15 is 0 Å². The average molecular weight is 774 g/mol. The minimum atomic E-state index is 0.912. The summed E-state index contributed by atoms with van der Waals surface area (Å²) in [6, 6.07) is 69.2. The van der Waals surface area contributed by atoms with Crippen LogP contribution in [0.2, 0.25) is 0 Å². The lowest BCUT2D eigenvalue weighted by Gasteiger charge is -2.08. The Labute approximate surface area is 347 Å². The van der Waals surface area contributed by atoms with Crippen molar-refractivity contribution in [3.8, 4) is 22.3 Å². The quantitative estimate of drug-likeness (QED) is 0.175. The molecule has 3 nitrogen and oxygen atoms in total. The smallest absolute Gasteiger partial charge is 0.136 e. The van der Waals surface area contributed by atoms with E-state index in [0.717, 1.165) is 43.9 Å². The fourth-order valence-corrected chi connectivity index (χ4v) is 10.6. The highest BCUT2D eigenvalue weighted by molar-refractivity contribution is 6.26. The molecule has 0 atom stereocenters. The minimum Gasteiger partial charge on any atom is -0.456 e. The Hall–Kier alpha value is -8.14. The van der Waals surface area contributed by atoms with Crippen LogP contribution >= 0.6 is 0 Å². The van der Waals surface area contributed by atoms with Gasteiger partial charge in [0.1, 0.15) is 22.3 Å². The molecule has 0 aliphatic rings. The van der Waals surface area contributed by atoms with Gasteiger partial charge in [-0.3, -0.25) is 0 Å². The summed E-state index contributed by atoms with van der Waals surface area (Å²) in [5, 5.41) is 19.5. The summed E-state index contributed by atoms with van der Waals surface area (Å²) in [6.45, 7) is 0. The van der Waals surface area contributed by atoms with Crippen molar-refractivity contribution in [3.63, 3.8) is 0 Å². The van der Waals surface area contributed by atoms with Gasteiger partial charge < -0.3 is 13.2 Å². The Morgan fingerprint density at radius 2 is 0.639 bits per heavy atom. The van der Waals surface area contributed by atoms with Crippen LogP contribution in [-0.2, 0) is 0 Å². The Morgan fingerprint density at radius 1 is 0.246 bits per heavy atom. The first kappa shape index (κ1) is 31.8. The van der Waals surface area contributed by atoms with Gasteiger partial charge in [-0.05, 0) is 150 Å². The van der Waals surface area contributed by atoms with E-state index < -0.39 is 0 Å². The highest BCUT2D eigenvalue weighted by Gasteiger charge is 2.19. The Morgan fingerprint density at radius 3 is 1.13 bits per heavy atom. The maximum atomic E-state index is 6.35. The zero-order valence-corrected chi connectivity index (χ0v) is 32.7. The molecule has 0 fully saturated rings. The normalized spacial score (nSPS) is 12.6. The second-order valence-corrected chi connectivity index (χ2v) is 16.9. The van der Waals surface area contributed by atoms with Gasteiger partial charge in [0.05, 0.1) is 16.6 Å². The lowest BCUT2D eigenvalue weighted by molar-refractivity contribution is 0.669.